The van der Waals surface area contributed by atoms with Gasteiger partial charge in [-0.1, -0.05) is 18.2 Å². The Morgan fingerprint density at radius 2 is 1.75 bits per heavy atom. The van der Waals surface area contributed by atoms with Crippen LogP contribution in [0.25, 0.3) is 21.9 Å². The number of rotatable bonds is 2. The van der Waals surface area contributed by atoms with Crippen LogP contribution in [0, 0.1) is 0 Å². The van der Waals surface area contributed by atoms with Crippen molar-refractivity contribution in [2.75, 3.05) is 0 Å². The highest BCUT2D eigenvalue weighted by Gasteiger charge is 2.17. The van der Waals surface area contributed by atoms with E-state index >= 15 is 0 Å². The second-order valence-corrected chi connectivity index (χ2v) is 4.42. The first-order chi connectivity index (χ1) is 9.58. The Morgan fingerprint density at radius 1 is 1.05 bits per heavy atom. The van der Waals surface area contributed by atoms with Gasteiger partial charge in [0.15, 0.2) is 6.10 Å². The van der Waals surface area contributed by atoms with Crippen molar-refractivity contribution >= 4 is 27.9 Å². The van der Waals surface area contributed by atoms with Crippen LogP contribution < -0.4 is 5.43 Å². The Labute approximate surface area is 112 Å². The molecule has 3 rings (SSSR count). The molecule has 1 unspecified atom stereocenters. The number of aliphatic hydroxyl groups excluding tert-OH is 1. The maximum atomic E-state index is 12.3. The normalized spacial score (nSPS) is 12.7. The largest absolute Gasteiger partial charge is 0.479 e. The van der Waals surface area contributed by atoms with Crippen LogP contribution in [0.3, 0.4) is 0 Å². The molecule has 0 saturated heterocycles. The van der Waals surface area contributed by atoms with E-state index in [1.54, 1.807) is 24.3 Å². The topological polar surface area (TPSA) is 87.7 Å². The molecule has 0 radical (unpaired) electrons. The molecule has 1 heterocycles. The summed E-state index contributed by atoms with van der Waals surface area (Å²) in [7, 11) is 0. The lowest BCUT2D eigenvalue weighted by molar-refractivity contribution is -0.146. The molecule has 5 heteroatoms. The molecule has 2 aromatic carbocycles. The lowest BCUT2D eigenvalue weighted by Gasteiger charge is -2.07. The Balaban J connectivity index is 2.33. The summed E-state index contributed by atoms with van der Waals surface area (Å²) in [4.78, 5) is 23.0. The summed E-state index contributed by atoms with van der Waals surface area (Å²) in [6, 6.07) is 11.1. The molecule has 1 atom stereocenters. The number of aliphatic hydroxyl groups is 1. The maximum absolute atomic E-state index is 12.3. The van der Waals surface area contributed by atoms with Crippen LogP contribution in [0.4, 0.5) is 0 Å². The van der Waals surface area contributed by atoms with E-state index in [1.165, 1.54) is 18.2 Å². The van der Waals surface area contributed by atoms with Crippen molar-refractivity contribution in [1.29, 1.82) is 0 Å². The number of hydrogen-bond donors (Lipinski definition) is 2. The highest BCUT2D eigenvalue weighted by molar-refractivity contribution is 5.90. The van der Waals surface area contributed by atoms with Gasteiger partial charge in [0.2, 0.25) is 5.43 Å². The van der Waals surface area contributed by atoms with Gasteiger partial charge in [-0.25, -0.2) is 4.79 Å². The van der Waals surface area contributed by atoms with Crippen LogP contribution in [0.15, 0.2) is 51.7 Å². The van der Waals surface area contributed by atoms with E-state index in [9.17, 15) is 14.7 Å². The maximum Gasteiger partial charge on any atom is 0.337 e. The zero-order chi connectivity index (χ0) is 14.3. The third kappa shape index (κ3) is 1.85. The minimum absolute atomic E-state index is 0.170. The summed E-state index contributed by atoms with van der Waals surface area (Å²) in [5.41, 5.74) is 0.667. The lowest BCUT2D eigenvalue weighted by atomic mass is 10.1. The van der Waals surface area contributed by atoms with E-state index in [0.29, 0.717) is 16.4 Å². The number of carboxylic acid groups (broad SMARTS) is 1. The van der Waals surface area contributed by atoms with Gasteiger partial charge in [0.05, 0.1) is 10.8 Å². The molecule has 1 aromatic heterocycles. The van der Waals surface area contributed by atoms with Gasteiger partial charge in [0, 0.05) is 0 Å². The number of fused-ring (bicyclic) bond motifs is 2. The zero-order valence-corrected chi connectivity index (χ0v) is 10.2. The van der Waals surface area contributed by atoms with Crippen molar-refractivity contribution in [1.82, 2.24) is 0 Å². The second kappa shape index (κ2) is 4.47. The fourth-order valence-electron chi connectivity index (χ4n) is 2.13. The van der Waals surface area contributed by atoms with E-state index in [0.717, 1.165) is 0 Å². The molecule has 3 aromatic rings. The molecule has 2 N–H and O–H groups in total. The summed E-state index contributed by atoms with van der Waals surface area (Å²) in [6.07, 6.45) is -1.64. The van der Waals surface area contributed by atoms with E-state index in [2.05, 4.69) is 0 Å². The lowest BCUT2D eigenvalue weighted by Crippen LogP contribution is -2.11. The van der Waals surface area contributed by atoms with E-state index in [4.69, 9.17) is 9.52 Å². The van der Waals surface area contributed by atoms with Crippen LogP contribution >= 0.6 is 0 Å². The number of carbonyl (C=O) groups is 1. The van der Waals surface area contributed by atoms with Crippen LogP contribution in [-0.2, 0) is 4.79 Å². The number of hydrogen-bond acceptors (Lipinski definition) is 4. The predicted octanol–water partition coefficient (Wildman–Crippen LogP) is 2.06. The SMILES string of the molecule is O=C(O)C(O)c1ccc2c(=O)c3ccccc3oc2c1. The first-order valence-electron chi connectivity index (χ1n) is 5.94. The average Bonchev–Trinajstić information content (AvgIpc) is 2.46. The first-order valence-corrected chi connectivity index (χ1v) is 5.94. The standard InChI is InChI=1S/C15H10O5/c16-13(15(18)19)8-5-6-10-12(7-8)20-11-4-2-1-3-9(11)14(10)17/h1-7,13,16H,(H,18,19). The summed E-state index contributed by atoms with van der Waals surface area (Å²) in [5, 5.41) is 19.1. The van der Waals surface area contributed by atoms with Crippen LogP contribution in [0.2, 0.25) is 0 Å². The molecule has 0 amide bonds. The fraction of sp³-hybridized carbons (Fsp3) is 0.0667. The first kappa shape index (κ1) is 12.4. The highest BCUT2D eigenvalue weighted by atomic mass is 16.4. The Hall–Kier alpha value is -2.66. The van der Waals surface area contributed by atoms with Gasteiger partial charge < -0.3 is 14.6 Å². The molecule has 0 spiro atoms. The van der Waals surface area contributed by atoms with Crippen LogP contribution in [0.1, 0.15) is 11.7 Å². The molecule has 20 heavy (non-hydrogen) atoms. The summed E-state index contributed by atoms with van der Waals surface area (Å²) >= 11 is 0. The number of benzene rings is 2. The van der Waals surface area contributed by atoms with Crippen molar-refractivity contribution in [3.63, 3.8) is 0 Å². The smallest absolute Gasteiger partial charge is 0.337 e. The molecule has 5 nitrogen and oxygen atoms in total. The molecule has 0 aliphatic carbocycles. The quantitative estimate of drug-likeness (QED) is 0.696. The molecule has 0 aliphatic heterocycles. The van der Waals surface area contributed by atoms with Gasteiger partial charge in [0.1, 0.15) is 11.2 Å². The average molecular weight is 270 g/mol. The molecule has 0 fully saturated rings. The minimum atomic E-state index is -1.64. The Morgan fingerprint density at radius 3 is 2.50 bits per heavy atom. The number of carboxylic acids is 1. The third-order valence-corrected chi connectivity index (χ3v) is 3.15. The molecular weight excluding hydrogens is 260 g/mol. The molecule has 0 saturated carbocycles. The zero-order valence-electron chi connectivity index (χ0n) is 10.2. The van der Waals surface area contributed by atoms with Gasteiger partial charge in [0.25, 0.3) is 0 Å². The third-order valence-electron chi connectivity index (χ3n) is 3.15. The monoisotopic (exact) mass is 270 g/mol. The van der Waals surface area contributed by atoms with Crippen molar-refractivity contribution in [3.8, 4) is 0 Å². The number of aliphatic carboxylic acids is 1. The minimum Gasteiger partial charge on any atom is -0.479 e. The second-order valence-electron chi connectivity index (χ2n) is 4.42. The van der Waals surface area contributed by atoms with Crippen molar-refractivity contribution in [3.05, 3.63) is 58.3 Å². The summed E-state index contributed by atoms with van der Waals surface area (Å²) in [5.74, 6) is -1.35. The fourth-order valence-corrected chi connectivity index (χ4v) is 2.13. The predicted molar refractivity (Wildman–Crippen MR) is 72.6 cm³/mol. The highest BCUT2D eigenvalue weighted by Crippen LogP contribution is 2.22. The van der Waals surface area contributed by atoms with Gasteiger partial charge in [-0.2, -0.15) is 0 Å². The van der Waals surface area contributed by atoms with Gasteiger partial charge in [-0.05, 0) is 29.8 Å². The van der Waals surface area contributed by atoms with E-state index in [-0.39, 0.29) is 16.6 Å². The van der Waals surface area contributed by atoms with Crippen LogP contribution in [0.5, 0.6) is 0 Å². The molecule has 0 aliphatic rings. The van der Waals surface area contributed by atoms with Gasteiger partial charge in [-0.3, -0.25) is 4.79 Å². The van der Waals surface area contributed by atoms with Gasteiger partial charge >= 0.3 is 5.97 Å². The number of para-hydroxylation sites is 1. The Bertz CT molecular complexity index is 878. The van der Waals surface area contributed by atoms with Crippen molar-refractivity contribution in [2.45, 2.75) is 6.10 Å². The molecular formula is C15H10O5. The molecule has 100 valence electrons. The Kier molecular flexibility index (Phi) is 2.76. The summed E-state index contributed by atoms with van der Waals surface area (Å²) in [6.45, 7) is 0. The van der Waals surface area contributed by atoms with Crippen molar-refractivity contribution in [2.24, 2.45) is 0 Å². The van der Waals surface area contributed by atoms with E-state index < -0.39 is 12.1 Å². The van der Waals surface area contributed by atoms with Crippen LogP contribution in [-0.4, -0.2) is 16.2 Å². The van der Waals surface area contributed by atoms with Crippen molar-refractivity contribution < 1.29 is 19.4 Å². The van der Waals surface area contributed by atoms with Gasteiger partial charge in [-0.15, -0.1) is 0 Å². The van der Waals surface area contributed by atoms with E-state index in [1.807, 2.05) is 0 Å². The molecule has 0 bridgehead atoms. The summed E-state index contributed by atoms with van der Waals surface area (Å²) < 4.78 is 5.59.